The summed E-state index contributed by atoms with van der Waals surface area (Å²) in [5, 5.41) is 46.1. The average Bonchev–Trinajstić information content (AvgIpc) is 3.09. The first-order valence-electron chi connectivity index (χ1n) is 9.00. The van der Waals surface area contributed by atoms with Gasteiger partial charge in [0.05, 0.1) is 25.2 Å². The fourth-order valence-corrected chi connectivity index (χ4v) is 3.20. The predicted molar refractivity (Wildman–Crippen MR) is 91.9 cm³/mol. The molecule has 12 heteroatoms. The lowest BCUT2D eigenvalue weighted by atomic mass is 9.97. The fourth-order valence-electron chi connectivity index (χ4n) is 3.20. The largest absolute Gasteiger partial charge is 0.481 e. The van der Waals surface area contributed by atoms with Crippen molar-refractivity contribution >= 4 is 17.8 Å². The number of aliphatic hydroxyl groups excluding tert-OH is 3. The Morgan fingerprint density at radius 2 is 1.96 bits per heavy atom. The van der Waals surface area contributed by atoms with E-state index < -0.39 is 61.3 Å². The molecule has 7 N–H and O–H groups in total. The zero-order chi connectivity index (χ0) is 20.8. The second kappa shape index (κ2) is 10.1. The SMILES string of the molecule is CC(=O)N[C@H]1[C@H](O[C@@H]2CN[C@H](C(=O)NCCC(=O)O)C2)O[C@H](CO)[C@@H](O)[C@@H]1O. The highest BCUT2D eigenvalue weighted by Crippen LogP contribution is 2.25. The van der Waals surface area contributed by atoms with Gasteiger partial charge in [0.2, 0.25) is 11.8 Å². The molecule has 2 fully saturated rings. The Bertz CT molecular complexity index is 576. The lowest BCUT2D eigenvalue weighted by molar-refractivity contribution is -0.280. The molecular weight excluding hydrogens is 378 g/mol. The molecule has 0 bridgehead atoms. The average molecular weight is 405 g/mol. The molecule has 2 saturated heterocycles. The van der Waals surface area contributed by atoms with Gasteiger partial charge in [0, 0.05) is 20.0 Å². The first-order valence-corrected chi connectivity index (χ1v) is 9.00. The quantitative estimate of drug-likeness (QED) is 0.212. The van der Waals surface area contributed by atoms with E-state index in [1.807, 2.05) is 0 Å². The molecule has 0 aliphatic carbocycles. The Balaban J connectivity index is 1.93. The van der Waals surface area contributed by atoms with Crippen molar-refractivity contribution in [2.24, 2.45) is 0 Å². The lowest BCUT2D eigenvalue weighted by Crippen LogP contribution is -2.65. The molecule has 12 nitrogen and oxygen atoms in total. The van der Waals surface area contributed by atoms with Gasteiger partial charge in [-0.1, -0.05) is 0 Å². The molecular formula is C16H27N3O9. The molecule has 7 atom stereocenters. The number of aliphatic hydroxyl groups is 3. The number of ether oxygens (including phenoxy) is 2. The normalized spacial score (nSPS) is 35.4. The van der Waals surface area contributed by atoms with Gasteiger partial charge in [0.25, 0.3) is 0 Å². The Kier molecular flexibility index (Phi) is 8.10. The zero-order valence-electron chi connectivity index (χ0n) is 15.4. The summed E-state index contributed by atoms with van der Waals surface area (Å²) in [6, 6.07) is -1.65. The van der Waals surface area contributed by atoms with Crippen molar-refractivity contribution in [2.45, 2.75) is 62.6 Å². The first-order chi connectivity index (χ1) is 13.2. The summed E-state index contributed by atoms with van der Waals surface area (Å²) < 4.78 is 11.3. The van der Waals surface area contributed by atoms with Crippen molar-refractivity contribution < 1.29 is 44.3 Å². The van der Waals surface area contributed by atoms with Crippen LogP contribution in [0.3, 0.4) is 0 Å². The molecule has 2 aliphatic heterocycles. The summed E-state index contributed by atoms with van der Waals surface area (Å²) in [6.07, 6.45) is -5.48. The Labute approximate surface area is 161 Å². The van der Waals surface area contributed by atoms with Crippen molar-refractivity contribution in [2.75, 3.05) is 19.7 Å². The van der Waals surface area contributed by atoms with E-state index in [-0.39, 0.29) is 31.8 Å². The van der Waals surface area contributed by atoms with Gasteiger partial charge in [-0.15, -0.1) is 0 Å². The van der Waals surface area contributed by atoms with E-state index in [9.17, 15) is 29.7 Å². The van der Waals surface area contributed by atoms with Gasteiger partial charge in [0.15, 0.2) is 6.29 Å². The molecule has 160 valence electrons. The maximum atomic E-state index is 12.1. The van der Waals surface area contributed by atoms with Crippen LogP contribution in [0.1, 0.15) is 19.8 Å². The Morgan fingerprint density at radius 1 is 1.25 bits per heavy atom. The number of hydrogen-bond donors (Lipinski definition) is 7. The van der Waals surface area contributed by atoms with Crippen LogP contribution in [0.25, 0.3) is 0 Å². The van der Waals surface area contributed by atoms with Crippen LogP contribution in [0.2, 0.25) is 0 Å². The van der Waals surface area contributed by atoms with E-state index in [2.05, 4.69) is 16.0 Å². The summed E-state index contributed by atoms with van der Waals surface area (Å²) in [5.74, 6) is -1.84. The number of rotatable bonds is 8. The number of carbonyl (C=O) groups is 3. The van der Waals surface area contributed by atoms with Crippen molar-refractivity contribution in [1.82, 2.24) is 16.0 Å². The molecule has 0 aromatic carbocycles. The molecule has 2 aliphatic rings. The molecule has 0 aromatic rings. The summed E-state index contributed by atoms with van der Waals surface area (Å²) in [6.45, 7) is 0.980. The molecule has 28 heavy (non-hydrogen) atoms. The van der Waals surface area contributed by atoms with Crippen LogP contribution in [0.5, 0.6) is 0 Å². The van der Waals surface area contributed by atoms with E-state index in [4.69, 9.17) is 14.6 Å². The van der Waals surface area contributed by atoms with E-state index >= 15 is 0 Å². The van der Waals surface area contributed by atoms with Crippen LogP contribution in [0.15, 0.2) is 0 Å². The number of nitrogens with one attached hydrogen (secondary N) is 3. The number of amides is 2. The van der Waals surface area contributed by atoms with E-state index in [1.165, 1.54) is 6.92 Å². The van der Waals surface area contributed by atoms with Gasteiger partial charge in [-0.2, -0.15) is 0 Å². The zero-order valence-corrected chi connectivity index (χ0v) is 15.4. The maximum absolute atomic E-state index is 12.1. The van der Waals surface area contributed by atoms with Crippen LogP contribution in [0, 0.1) is 0 Å². The Morgan fingerprint density at radius 3 is 2.57 bits per heavy atom. The fraction of sp³-hybridized carbons (Fsp3) is 0.812. The summed E-state index contributed by atoms with van der Waals surface area (Å²) in [5.41, 5.74) is 0. The van der Waals surface area contributed by atoms with Crippen LogP contribution >= 0.6 is 0 Å². The molecule has 0 spiro atoms. The minimum atomic E-state index is -1.41. The summed E-state index contributed by atoms with van der Waals surface area (Å²) >= 11 is 0. The van der Waals surface area contributed by atoms with Crippen LogP contribution in [0.4, 0.5) is 0 Å². The van der Waals surface area contributed by atoms with Crippen molar-refractivity contribution in [3.05, 3.63) is 0 Å². The molecule has 0 unspecified atom stereocenters. The smallest absolute Gasteiger partial charge is 0.305 e. The highest BCUT2D eigenvalue weighted by Gasteiger charge is 2.46. The lowest BCUT2D eigenvalue weighted by Gasteiger charge is -2.42. The van der Waals surface area contributed by atoms with Gasteiger partial charge in [-0.05, 0) is 6.42 Å². The maximum Gasteiger partial charge on any atom is 0.305 e. The third-order valence-corrected chi connectivity index (χ3v) is 4.62. The number of hydrogen-bond acceptors (Lipinski definition) is 9. The molecule has 0 radical (unpaired) electrons. The topological polar surface area (TPSA) is 187 Å². The monoisotopic (exact) mass is 405 g/mol. The standard InChI is InChI=1S/C16H27N3O9/c1-7(21)19-12-14(25)13(24)10(6-20)28-16(12)27-8-4-9(18-5-8)15(26)17-3-2-11(22)23/h8-10,12-14,16,18,20,24-25H,2-6H2,1H3,(H,17,26)(H,19,21)(H,22,23)/t8-,9-,10+,12+,13+,14+,16+/m0/s1. The van der Waals surface area contributed by atoms with Crippen LogP contribution < -0.4 is 16.0 Å². The number of aliphatic carboxylic acids is 1. The number of carboxylic acid groups (broad SMARTS) is 1. The van der Waals surface area contributed by atoms with E-state index in [0.29, 0.717) is 0 Å². The number of carbonyl (C=O) groups excluding carboxylic acids is 2. The van der Waals surface area contributed by atoms with Gasteiger partial charge in [0.1, 0.15) is 24.4 Å². The number of carboxylic acids is 1. The van der Waals surface area contributed by atoms with Crippen LogP contribution in [-0.4, -0.2) is 101 Å². The minimum absolute atomic E-state index is 0.0104. The van der Waals surface area contributed by atoms with Crippen LogP contribution in [-0.2, 0) is 23.9 Å². The second-order valence-corrected chi connectivity index (χ2v) is 6.82. The summed E-state index contributed by atoms with van der Waals surface area (Å²) in [7, 11) is 0. The van der Waals surface area contributed by atoms with Gasteiger partial charge >= 0.3 is 5.97 Å². The molecule has 2 amide bonds. The van der Waals surface area contributed by atoms with Crippen molar-refractivity contribution in [3.63, 3.8) is 0 Å². The van der Waals surface area contributed by atoms with Crippen molar-refractivity contribution in [3.8, 4) is 0 Å². The highest BCUT2D eigenvalue weighted by atomic mass is 16.7. The van der Waals surface area contributed by atoms with E-state index in [0.717, 1.165) is 0 Å². The Hall–Kier alpha value is -1.83. The molecule has 2 rings (SSSR count). The minimum Gasteiger partial charge on any atom is -0.481 e. The predicted octanol–water partition coefficient (Wildman–Crippen LogP) is -3.73. The van der Waals surface area contributed by atoms with Gasteiger partial charge < -0.3 is 45.9 Å². The third-order valence-electron chi connectivity index (χ3n) is 4.62. The third kappa shape index (κ3) is 5.83. The van der Waals surface area contributed by atoms with Gasteiger partial charge in [-0.25, -0.2) is 0 Å². The summed E-state index contributed by atoms with van der Waals surface area (Å²) in [4.78, 5) is 34.0. The van der Waals surface area contributed by atoms with Gasteiger partial charge in [-0.3, -0.25) is 14.4 Å². The molecule has 2 heterocycles. The highest BCUT2D eigenvalue weighted by molar-refractivity contribution is 5.82. The van der Waals surface area contributed by atoms with Crippen molar-refractivity contribution in [1.29, 1.82) is 0 Å². The molecule has 0 saturated carbocycles. The second-order valence-electron chi connectivity index (χ2n) is 6.82. The molecule has 0 aromatic heterocycles. The first kappa shape index (κ1) is 22.5. The van der Waals surface area contributed by atoms with E-state index in [1.54, 1.807) is 0 Å².